The van der Waals surface area contributed by atoms with E-state index in [-0.39, 0.29) is 5.82 Å². The summed E-state index contributed by atoms with van der Waals surface area (Å²) in [6, 6.07) is 21.9. The van der Waals surface area contributed by atoms with Crippen molar-refractivity contribution in [2.24, 2.45) is 0 Å². The molecule has 170 valence electrons. The van der Waals surface area contributed by atoms with Crippen LogP contribution in [0.2, 0.25) is 0 Å². The average molecular weight is 473 g/mol. The van der Waals surface area contributed by atoms with Gasteiger partial charge in [-0.05, 0) is 42.2 Å². The second-order valence-corrected chi connectivity index (χ2v) is 8.79. The third kappa shape index (κ3) is 3.25. The van der Waals surface area contributed by atoms with Gasteiger partial charge in [0.25, 0.3) is 0 Å². The zero-order chi connectivity index (χ0) is 23.2. The van der Waals surface area contributed by atoms with E-state index in [9.17, 15) is 0 Å². The molecule has 2 aliphatic heterocycles. The van der Waals surface area contributed by atoms with Crippen LogP contribution in [-0.4, -0.2) is 28.1 Å². The summed E-state index contributed by atoms with van der Waals surface area (Å²) in [4.78, 5) is 4.65. The van der Waals surface area contributed by atoms with Crippen molar-refractivity contribution in [3.63, 3.8) is 0 Å². The first-order valence-electron chi connectivity index (χ1n) is 10.8. The van der Waals surface area contributed by atoms with Gasteiger partial charge in [-0.2, -0.15) is 4.98 Å². The molecular weight excluding hydrogens is 451 g/mol. The number of methoxy groups -OCH3 is 1. The Bertz CT molecular complexity index is 1420. The second kappa shape index (κ2) is 8.22. The number of rotatable bonds is 4. The fourth-order valence-corrected chi connectivity index (χ4v) is 4.94. The van der Waals surface area contributed by atoms with E-state index in [0.717, 1.165) is 33.9 Å². The van der Waals surface area contributed by atoms with Gasteiger partial charge in [0.15, 0.2) is 0 Å². The van der Waals surface area contributed by atoms with Gasteiger partial charge < -0.3 is 14.8 Å². The molecule has 2 atom stereocenters. The van der Waals surface area contributed by atoms with Gasteiger partial charge in [-0.25, -0.2) is 9.07 Å². The van der Waals surface area contributed by atoms with Gasteiger partial charge in [-0.15, -0.1) is 5.10 Å². The van der Waals surface area contributed by atoms with Crippen molar-refractivity contribution in [2.75, 3.05) is 18.7 Å². The summed E-state index contributed by atoms with van der Waals surface area (Å²) in [5.41, 5.74) is 4.09. The normalized spacial score (nSPS) is 18.3. The topological polar surface area (TPSA) is 61.2 Å². The summed E-state index contributed by atoms with van der Waals surface area (Å²) >= 11 is 1.44. The Kier molecular flexibility index (Phi) is 5.03. The number of halogens is 1. The Morgan fingerprint density at radius 2 is 1.79 bits per heavy atom. The molecular formula is C26H21FN4O2S. The van der Waals surface area contributed by atoms with Crippen molar-refractivity contribution < 1.29 is 13.9 Å². The molecule has 0 fully saturated rings. The summed E-state index contributed by atoms with van der Waals surface area (Å²) in [5.74, 6) is 1.77. The van der Waals surface area contributed by atoms with Gasteiger partial charge in [0, 0.05) is 16.7 Å². The molecule has 0 bridgehead atoms. The number of aromatic nitrogens is 3. The molecule has 6 rings (SSSR count). The molecule has 6 nitrogen and oxygen atoms in total. The Labute approximate surface area is 200 Å². The fourth-order valence-electron chi connectivity index (χ4n) is 4.59. The first-order chi connectivity index (χ1) is 16.7. The number of benzene rings is 3. The van der Waals surface area contributed by atoms with Crippen LogP contribution < -0.4 is 14.8 Å². The standard InChI is InChI=1S/C26H21FN4O2S/c1-32-16-13-11-15(12-14-16)24-21-22(18-8-4-6-10-20(18)33-24)28-25-29-26(34-2)30-31(25)23(21)17-7-3-5-9-19(17)27/h3-14,23-24H,1-2H3,(H,28,29,30)/t23-,24+/m1/s1. The van der Waals surface area contributed by atoms with E-state index in [4.69, 9.17) is 14.6 Å². The van der Waals surface area contributed by atoms with E-state index >= 15 is 4.39 Å². The number of ether oxygens (including phenoxy) is 2. The minimum atomic E-state index is -0.540. The van der Waals surface area contributed by atoms with E-state index in [0.29, 0.717) is 16.7 Å². The van der Waals surface area contributed by atoms with Gasteiger partial charge in [0.05, 0.1) is 12.8 Å². The van der Waals surface area contributed by atoms with Crippen LogP contribution in [0.4, 0.5) is 10.3 Å². The van der Waals surface area contributed by atoms with Gasteiger partial charge in [0.2, 0.25) is 11.1 Å². The lowest BCUT2D eigenvalue weighted by molar-refractivity contribution is 0.222. The minimum absolute atomic E-state index is 0.305. The molecule has 0 saturated heterocycles. The summed E-state index contributed by atoms with van der Waals surface area (Å²) < 4.78 is 29.0. The Hall–Kier alpha value is -3.78. The van der Waals surface area contributed by atoms with Crippen molar-refractivity contribution in [3.05, 3.63) is 101 Å². The molecule has 0 aliphatic carbocycles. The Morgan fingerprint density at radius 3 is 2.56 bits per heavy atom. The van der Waals surface area contributed by atoms with Crippen molar-refractivity contribution in [1.82, 2.24) is 14.8 Å². The molecule has 0 unspecified atom stereocenters. The first kappa shape index (κ1) is 20.8. The van der Waals surface area contributed by atoms with E-state index in [2.05, 4.69) is 10.3 Å². The smallest absolute Gasteiger partial charge is 0.227 e. The van der Waals surface area contributed by atoms with E-state index < -0.39 is 12.1 Å². The van der Waals surface area contributed by atoms with Crippen LogP contribution >= 0.6 is 11.8 Å². The number of para-hydroxylation sites is 1. The largest absolute Gasteiger partial charge is 0.497 e. The maximum absolute atomic E-state index is 15.3. The highest BCUT2D eigenvalue weighted by atomic mass is 32.2. The lowest BCUT2D eigenvalue weighted by Crippen LogP contribution is -2.32. The summed E-state index contributed by atoms with van der Waals surface area (Å²) in [7, 11) is 1.64. The molecule has 0 saturated carbocycles. The van der Waals surface area contributed by atoms with Gasteiger partial charge >= 0.3 is 0 Å². The summed E-state index contributed by atoms with van der Waals surface area (Å²) in [5, 5.41) is 8.79. The molecule has 1 N–H and O–H groups in total. The third-order valence-electron chi connectivity index (χ3n) is 6.16. The van der Waals surface area contributed by atoms with Crippen molar-refractivity contribution in [3.8, 4) is 11.5 Å². The van der Waals surface area contributed by atoms with E-state index in [1.165, 1.54) is 17.8 Å². The molecule has 0 radical (unpaired) electrons. The Balaban J connectivity index is 1.62. The van der Waals surface area contributed by atoms with Crippen molar-refractivity contribution in [2.45, 2.75) is 17.3 Å². The highest BCUT2D eigenvalue weighted by molar-refractivity contribution is 7.98. The monoisotopic (exact) mass is 472 g/mol. The SMILES string of the molecule is COc1ccc([C@@H]2Oc3ccccc3C3=C2[C@@H](c2ccccc2F)n2nc(SC)nc2N3)cc1. The second-order valence-electron chi connectivity index (χ2n) is 8.01. The maximum Gasteiger partial charge on any atom is 0.227 e. The van der Waals surface area contributed by atoms with Crippen LogP contribution in [-0.2, 0) is 0 Å². The average Bonchev–Trinajstić information content (AvgIpc) is 3.30. The number of thioether (sulfide) groups is 1. The highest BCUT2D eigenvalue weighted by Gasteiger charge is 2.42. The number of nitrogens with zero attached hydrogens (tertiary/aromatic N) is 3. The van der Waals surface area contributed by atoms with Gasteiger partial charge in [0.1, 0.15) is 29.5 Å². The summed E-state index contributed by atoms with van der Waals surface area (Å²) in [6.07, 6.45) is 1.45. The number of fused-ring (bicyclic) bond motifs is 3. The molecule has 2 aliphatic rings. The lowest BCUT2D eigenvalue weighted by atomic mass is 9.84. The van der Waals surface area contributed by atoms with Crippen LogP contribution in [0.5, 0.6) is 11.5 Å². The molecule has 3 heterocycles. The fraction of sp³-hybridized carbons (Fsp3) is 0.154. The molecule has 1 aromatic heterocycles. The zero-order valence-corrected chi connectivity index (χ0v) is 19.3. The number of hydrogen-bond donors (Lipinski definition) is 1. The van der Waals surface area contributed by atoms with Crippen LogP contribution in [0, 0.1) is 5.82 Å². The summed E-state index contributed by atoms with van der Waals surface area (Å²) in [6.45, 7) is 0. The highest BCUT2D eigenvalue weighted by Crippen LogP contribution is 2.51. The molecule has 8 heteroatoms. The molecule has 34 heavy (non-hydrogen) atoms. The van der Waals surface area contributed by atoms with Crippen molar-refractivity contribution in [1.29, 1.82) is 0 Å². The van der Waals surface area contributed by atoms with Crippen LogP contribution in [0.3, 0.4) is 0 Å². The number of hydrogen-bond acceptors (Lipinski definition) is 6. The van der Waals surface area contributed by atoms with Gasteiger partial charge in [-0.3, -0.25) is 0 Å². The lowest BCUT2D eigenvalue weighted by Gasteiger charge is -2.39. The van der Waals surface area contributed by atoms with Crippen LogP contribution in [0.15, 0.2) is 83.5 Å². The molecule has 0 spiro atoms. The minimum Gasteiger partial charge on any atom is -0.497 e. The molecule has 3 aromatic carbocycles. The van der Waals surface area contributed by atoms with Gasteiger partial charge in [-0.1, -0.05) is 54.2 Å². The quantitative estimate of drug-likeness (QED) is 0.384. The Morgan fingerprint density at radius 1 is 1.03 bits per heavy atom. The third-order valence-corrected chi connectivity index (χ3v) is 6.70. The van der Waals surface area contributed by atoms with E-state index in [1.54, 1.807) is 23.9 Å². The maximum atomic E-state index is 15.3. The predicted molar refractivity (Wildman–Crippen MR) is 130 cm³/mol. The van der Waals surface area contributed by atoms with Crippen LogP contribution in [0.1, 0.15) is 28.8 Å². The predicted octanol–water partition coefficient (Wildman–Crippen LogP) is 5.71. The van der Waals surface area contributed by atoms with Crippen molar-refractivity contribution >= 4 is 23.4 Å². The zero-order valence-electron chi connectivity index (χ0n) is 18.5. The first-order valence-corrected chi connectivity index (χ1v) is 12.1. The number of nitrogens with one attached hydrogen (secondary N) is 1. The number of anilines is 1. The molecule has 4 aromatic rings. The van der Waals surface area contributed by atoms with Crippen LogP contribution in [0.25, 0.3) is 5.70 Å². The molecule has 0 amide bonds. The van der Waals surface area contributed by atoms with E-state index in [1.807, 2.05) is 60.9 Å².